The standard InChI is InChI=1S/C17H13N3O/c18-14-10-6-3-7-11-12(10)13(15(19)16(14)20)8-4-1-2-5-9(8)17(11)21/h1-7H,18-20H2. The Balaban J connectivity index is 2.34. The molecule has 1 aliphatic carbocycles. The van der Waals surface area contributed by atoms with E-state index in [9.17, 15) is 4.79 Å². The molecule has 0 saturated heterocycles. The number of ketones is 1. The van der Waals surface area contributed by atoms with Crippen molar-refractivity contribution < 1.29 is 4.79 Å². The number of carbonyl (C=O) groups excluding carboxylic acids is 1. The molecule has 0 spiro atoms. The summed E-state index contributed by atoms with van der Waals surface area (Å²) in [5, 5.41) is 1.57. The zero-order valence-electron chi connectivity index (χ0n) is 11.2. The Hall–Kier alpha value is -3.01. The first-order valence-corrected chi connectivity index (χ1v) is 6.64. The Labute approximate surface area is 121 Å². The van der Waals surface area contributed by atoms with E-state index in [1.807, 2.05) is 36.4 Å². The van der Waals surface area contributed by atoms with Crippen molar-refractivity contribution in [3.63, 3.8) is 0 Å². The van der Waals surface area contributed by atoms with E-state index in [0.717, 1.165) is 21.9 Å². The molecule has 0 saturated carbocycles. The number of rotatable bonds is 0. The highest BCUT2D eigenvalue weighted by Gasteiger charge is 2.28. The molecule has 0 radical (unpaired) electrons. The highest BCUT2D eigenvalue weighted by Crippen LogP contribution is 2.47. The summed E-state index contributed by atoms with van der Waals surface area (Å²) in [4.78, 5) is 12.7. The van der Waals surface area contributed by atoms with Gasteiger partial charge in [-0.15, -0.1) is 0 Å². The number of anilines is 3. The fraction of sp³-hybridized carbons (Fsp3) is 0. The van der Waals surface area contributed by atoms with Crippen molar-refractivity contribution in [2.24, 2.45) is 0 Å². The summed E-state index contributed by atoms with van der Waals surface area (Å²) >= 11 is 0. The Morgan fingerprint density at radius 3 is 2.10 bits per heavy atom. The van der Waals surface area contributed by atoms with Crippen LogP contribution in [0.15, 0.2) is 42.5 Å². The summed E-state index contributed by atoms with van der Waals surface area (Å²) in [5.74, 6) is -0.00716. The molecule has 4 nitrogen and oxygen atoms in total. The van der Waals surface area contributed by atoms with Crippen LogP contribution in [0.1, 0.15) is 15.9 Å². The Kier molecular flexibility index (Phi) is 2.11. The fourth-order valence-corrected chi connectivity index (χ4v) is 3.12. The second kappa shape index (κ2) is 3.76. The topological polar surface area (TPSA) is 95.1 Å². The summed E-state index contributed by atoms with van der Waals surface area (Å²) in [7, 11) is 0. The predicted molar refractivity (Wildman–Crippen MR) is 86.1 cm³/mol. The van der Waals surface area contributed by atoms with Crippen molar-refractivity contribution >= 4 is 33.6 Å². The van der Waals surface area contributed by atoms with Gasteiger partial charge in [0.1, 0.15) is 0 Å². The van der Waals surface area contributed by atoms with Crippen molar-refractivity contribution in [2.45, 2.75) is 0 Å². The molecule has 3 aromatic rings. The second-order valence-electron chi connectivity index (χ2n) is 5.22. The molecule has 0 aromatic heterocycles. The Morgan fingerprint density at radius 1 is 0.667 bits per heavy atom. The second-order valence-corrected chi connectivity index (χ2v) is 5.22. The number of hydrogen-bond acceptors (Lipinski definition) is 4. The zero-order chi connectivity index (χ0) is 14.7. The van der Waals surface area contributed by atoms with Crippen LogP contribution < -0.4 is 17.2 Å². The number of carbonyl (C=O) groups is 1. The van der Waals surface area contributed by atoms with E-state index in [2.05, 4.69) is 0 Å². The number of hydrogen-bond donors (Lipinski definition) is 3. The molecule has 4 heteroatoms. The minimum Gasteiger partial charge on any atom is -0.396 e. The molecule has 0 bridgehead atoms. The average Bonchev–Trinajstić information content (AvgIpc) is 2.52. The lowest BCUT2D eigenvalue weighted by Gasteiger charge is -2.23. The highest BCUT2D eigenvalue weighted by atomic mass is 16.1. The highest BCUT2D eigenvalue weighted by molar-refractivity contribution is 6.30. The van der Waals surface area contributed by atoms with E-state index in [-0.39, 0.29) is 5.78 Å². The maximum atomic E-state index is 12.7. The number of nitrogen functional groups attached to an aromatic ring is 3. The van der Waals surface area contributed by atoms with Crippen LogP contribution in [-0.4, -0.2) is 5.78 Å². The third kappa shape index (κ3) is 1.31. The van der Waals surface area contributed by atoms with Gasteiger partial charge in [0.25, 0.3) is 0 Å². The number of benzene rings is 3. The van der Waals surface area contributed by atoms with Crippen LogP contribution in [0.2, 0.25) is 0 Å². The van der Waals surface area contributed by atoms with Crippen molar-refractivity contribution in [1.82, 2.24) is 0 Å². The maximum Gasteiger partial charge on any atom is 0.194 e. The fourth-order valence-electron chi connectivity index (χ4n) is 3.12. The summed E-state index contributed by atoms with van der Waals surface area (Å²) < 4.78 is 0. The van der Waals surface area contributed by atoms with Gasteiger partial charge in [0.15, 0.2) is 5.78 Å². The van der Waals surface area contributed by atoms with Crippen LogP contribution >= 0.6 is 0 Å². The zero-order valence-corrected chi connectivity index (χ0v) is 11.2. The molecule has 0 amide bonds. The Bertz CT molecular complexity index is 944. The molecule has 102 valence electrons. The first-order valence-electron chi connectivity index (χ1n) is 6.64. The van der Waals surface area contributed by atoms with E-state index in [1.54, 1.807) is 6.07 Å². The van der Waals surface area contributed by atoms with Gasteiger partial charge >= 0.3 is 0 Å². The first-order chi connectivity index (χ1) is 10.1. The van der Waals surface area contributed by atoms with Crippen LogP contribution in [0.25, 0.3) is 21.9 Å². The molecule has 3 aromatic carbocycles. The van der Waals surface area contributed by atoms with Crippen LogP contribution in [0.5, 0.6) is 0 Å². The lowest BCUT2D eigenvalue weighted by Crippen LogP contribution is -2.13. The van der Waals surface area contributed by atoms with Crippen molar-refractivity contribution in [1.29, 1.82) is 0 Å². The van der Waals surface area contributed by atoms with Gasteiger partial charge in [-0.05, 0) is 5.56 Å². The summed E-state index contributed by atoms with van der Waals surface area (Å²) in [6.07, 6.45) is 0. The molecule has 4 rings (SSSR count). The van der Waals surface area contributed by atoms with E-state index < -0.39 is 0 Å². The predicted octanol–water partition coefficient (Wildman–Crippen LogP) is 2.80. The molecule has 0 aliphatic heterocycles. The van der Waals surface area contributed by atoms with E-state index in [0.29, 0.717) is 28.2 Å². The van der Waals surface area contributed by atoms with Crippen molar-refractivity contribution in [2.75, 3.05) is 17.2 Å². The normalized spacial score (nSPS) is 12.5. The van der Waals surface area contributed by atoms with Gasteiger partial charge in [0, 0.05) is 27.5 Å². The minimum absolute atomic E-state index is 0.00716. The van der Waals surface area contributed by atoms with Crippen molar-refractivity contribution in [3.8, 4) is 11.1 Å². The van der Waals surface area contributed by atoms with Crippen LogP contribution in [0.3, 0.4) is 0 Å². The third-order valence-corrected chi connectivity index (χ3v) is 4.14. The quantitative estimate of drug-likeness (QED) is 0.430. The average molecular weight is 275 g/mol. The van der Waals surface area contributed by atoms with Crippen LogP contribution in [-0.2, 0) is 0 Å². The van der Waals surface area contributed by atoms with Crippen molar-refractivity contribution in [3.05, 3.63) is 53.6 Å². The maximum absolute atomic E-state index is 12.7. The van der Waals surface area contributed by atoms with Gasteiger partial charge < -0.3 is 17.2 Å². The van der Waals surface area contributed by atoms with Gasteiger partial charge in [-0.1, -0.05) is 42.5 Å². The minimum atomic E-state index is -0.00716. The lowest BCUT2D eigenvalue weighted by atomic mass is 9.81. The molecular formula is C17H13N3O. The molecule has 0 atom stereocenters. The van der Waals surface area contributed by atoms with Gasteiger partial charge in [-0.3, -0.25) is 4.79 Å². The van der Waals surface area contributed by atoms with Gasteiger partial charge in [-0.25, -0.2) is 0 Å². The van der Waals surface area contributed by atoms with E-state index in [4.69, 9.17) is 17.2 Å². The molecule has 0 heterocycles. The first kappa shape index (κ1) is 11.8. The largest absolute Gasteiger partial charge is 0.396 e. The SMILES string of the molecule is Nc1c(N)c2c3c(cccc3c1N)C(=O)c1ccccc1-2. The molecular weight excluding hydrogens is 262 g/mol. The molecule has 21 heavy (non-hydrogen) atoms. The molecule has 0 unspecified atom stereocenters. The number of fused-ring (bicyclic) bond motifs is 2. The third-order valence-electron chi connectivity index (χ3n) is 4.14. The van der Waals surface area contributed by atoms with E-state index >= 15 is 0 Å². The summed E-state index contributed by atoms with van der Waals surface area (Å²) in [6, 6.07) is 12.9. The summed E-state index contributed by atoms with van der Waals surface area (Å²) in [5.41, 5.74) is 22.5. The van der Waals surface area contributed by atoms with Gasteiger partial charge in [0.05, 0.1) is 17.1 Å². The lowest BCUT2D eigenvalue weighted by molar-refractivity contribution is 0.104. The summed E-state index contributed by atoms with van der Waals surface area (Å²) in [6.45, 7) is 0. The molecule has 1 aliphatic rings. The smallest absolute Gasteiger partial charge is 0.194 e. The number of nitrogens with two attached hydrogens (primary N) is 3. The Morgan fingerprint density at radius 2 is 1.33 bits per heavy atom. The molecule has 6 N–H and O–H groups in total. The molecule has 0 fully saturated rings. The van der Waals surface area contributed by atoms with Crippen LogP contribution in [0.4, 0.5) is 17.1 Å². The van der Waals surface area contributed by atoms with Gasteiger partial charge in [0.2, 0.25) is 0 Å². The van der Waals surface area contributed by atoms with Crippen LogP contribution in [0, 0.1) is 0 Å². The monoisotopic (exact) mass is 275 g/mol. The van der Waals surface area contributed by atoms with E-state index in [1.165, 1.54) is 0 Å². The van der Waals surface area contributed by atoms with Gasteiger partial charge in [-0.2, -0.15) is 0 Å².